The van der Waals surface area contributed by atoms with Gasteiger partial charge in [0.05, 0.1) is 12.3 Å². The third-order valence-corrected chi connectivity index (χ3v) is 6.25. The molecule has 0 unspecified atom stereocenters. The number of piperazine rings is 1. The minimum atomic E-state index is 0.00426. The first-order chi connectivity index (χ1) is 15.8. The average molecular weight is 454 g/mol. The number of nitrogens with zero attached hydrogens (tertiary/aromatic N) is 3. The maximum Gasteiger partial charge on any atom is 0.234 e. The first kappa shape index (κ1) is 24.6. The Hall–Kier alpha value is -3.07. The molecule has 1 aromatic carbocycles. The minimum Gasteiger partial charge on any atom is -0.354 e. The number of guanidine groups is 1. The third kappa shape index (κ3) is 7.49. The lowest BCUT2D eigenvalue weighted by Crippen LogP contribution is -2.52. The Morgan fingerprint density at radius 2 is 1.61 bits per heavy atom. The summed E-state index contributed by atoms with van der Waals surface area (Å²) in [6.07, 6.45) is 4.74. The molecule has 9 nitrogen and oxygen atoms in total. The van der Waals surface area contributed by atoms with E-state index < -0.39 is 0 Å². The van der Waals surface area contributed by atoms with E-state index in [0.29, 0.717) is 38.4 Å². The minimum absolute atomic E-state index is 0.00426. The van der Waals surface area contributed by atoms with Crippen LogP contribution in [0.25, 0.3) is 0 Å². The van der Waals surface area contributed by atoms with Crippen molar-refractivity contribution < 1.29 is 9.59 Å². The second-order valence-corrected chi connectivity index (χ2v) is 8.91. The number of aryl methyl sites for hydroxylation is 1. The molecule has 4 N–H and O–H groups in total. The molecule has 2 amide bonds. The highest BCUT2D eigenvalue weighted by Crippen LogP contribution is 2.18. The largest absolute Gasteiger partial charge is 0.354 e. The Labute approximate surface area is 195 Å². The zero-order valence-corrected chi connectivity index (χ0v) is 19.6. The van der Waals surface area contributed by atoms with Crippen LogP contribution in [0.2, 0.25) is 0 Å². The van der Waals surface area contributed by atoms with Crippen LogP contribution in [0.4, 0.5) is 0 Å². The van der Waals surface area contributed by atoms with Crippen molar-refractivity contribution >= 4 is 29.7 Å². The normalized spacial score (nSPS) is 21.9. The molecule has 1 aromatic rings. The van der Waals surface area contributed by atoms with Crippen LogP contribution in [0.1, 0.15) is 43.7 Å². The van der Waals surface area contributed by atoms with Gasteiger partial charge in [0.25, 0.3) is 0 Å². The van der Waals surface area contributed by atoms with Crippen molar-refractivity contribution in [3.05, 3.63) is 35.4 Å². The zero-order chi connectivity index (χ0) is 23.8. The molecule has 3 rings (SSSR count). The van der Waals surface area contributed by atoms with Gasteiger partial charge in [0.15, 0.2) is 0 Å². The topological polar surface area (TPSA) is 125 Å². The Bertz CT molecular complexity index is 881. The molecule has 2 fully saturated rings. The maximum atomic E-state index is 12.5. The summed E-state index contributed by atoms with van der Waals surface area (Å²) in [4.78, 5) is 32.0. The molecule has 0 spiro atoms. The van der Waals surface area contributed by atoms with Crippen molar-refractivity contribution in [1.82, 2.24) is 20.4 Å². The van der Waals surface area contributed by atoms with Crippen molar-refractivity contribution in [2.75, 3.05) is 32.7 Å². The van der Waals surface area contributed by atoms with Crippen molar-refractivity contribution in [3.8, 4) is 0 Å². The number of amides is 2. The lowest BCUT2D eigenvalue weighted by Gasteiger charge is -2.35. The van der Waals surface area contributed by atoms with Crippen LogP contribution in [0.5, 0.6) is 0 Å². The number of rotatable bonds is 6. The summed E-state index contributed by atoms with van der Waals surface area (Å²) in [5.74, 6) is 0.184. The van der Waals surface area contributed by atoms with Crippen LogP contribution in [-0.2, 0) is 9.59 Å². The van der Waals surface area contributed by atoms with Crippen LogP contribution < -0.4 is 10.6 Å². The second-order valence-electron chi connectivity index (χ2n) is 8.91. The van der Waals surface area contributed by atoms with Gasteiger partial charge in [-0.1, -0.05) is 29.8 Å². The number of carbonyl (C=O) groups excluding carboxylic acids is 2. The van der Waals surface area contributed by atoms with Gasteiger partial charge in [0.2, 0.25) is 17.8 Å². The van der Waals surface area contributed by atoms with Gasteiger partial charge < -0.3 is 20.9 Å². The Balaban J connectivity index is 1.41. The van der Waals surface area contributed by atoms with E-state index in [0.717, 1.165) is 36.8 Å². The summed E-state index contributed by atoms with van der Waals surface area (Å²) in [5.41, 5.74) is 2.42. The van der Waals surface area contributed by atoms with Crippen LogP contribution in [0.15, 0.2) is 29.3 Å². The SMILES string of the molecule is CC(=O)N[C@H]1CC[C@H](NC(=O)CN2CCN(C(=N)/N=C(\C=N)c3ccc(C)cc3)CC2)CC1. The first-order valence-electron chi connectivity index (χ1n) is 11.6. The molecule has 2 aliphatic rings. The predicted octanol–water partition coefficient (Wildman–Crippen LogP) is 1.55. The first-order valence-corrected chi connectivity index (χ1v) is 11.6. The van der Waals surface area contributed by atoms with Crippen LogP contribution in [-0.4, -0.2) is 84.3 Å². The maximum absolute atomic E-state index is 12.5. The molecule has 1 aliphatic carbocycles. The summed E-state index contributed by atoms with van der Waals surface area (Å²) >= 11 is 0. The molecule has 1 saturated heterocycles. The van der Waals surface area contributed by atoms with Gasteiger partial charge in [-0.3, -0.25) is 19.9 Å². The van der Waals surface area contributed by atoms with E-state index in [1.165, 1.54) is 13.1 Å². The lowest BCUT2D eigenvalue weighted by atomic mass is 9.91. The highest BCUT2D eigenvalue weighted by molar-refractivity contribution is 6.39. The van der Waals surface area contributed by atoms with Crippen molar-refractivity contribution in [1.29, 1.82) is 10.8 Å². The molecule has 9 heteroatoms. The van der Waals surface area contributed by atoms with Crippen LogP contribution >= 0.6 is 0 Å². The van der Waals surface area contributed by atoms with Crippen molar-refractivity contribution in [2.24, 2.45) is 4.99 Å². The van der Waals surface area contributed by atoms with Gasteiger partial charge in [0, 0.05) is 57.0 Å². The highest BCUT2D eigenvalue weighted by atomic mass is 16.2. The Kier molecular flexibility index (Phi) is 8.71. The molecular formula is C24H35N7O2. The van der Waals surface area contributed by atoms with Gasteiger partial charge in [0.1, 0.15) is 0 Å². The van der Waals surface area contributed by atoms with Crippen LogP contribution in [0.3, 0.4) is 0 Å². The molecule has 1 heterocycles. The fraction of sp³-hybridized carbons (Fsp3) is 0.542. The second kappa shape index (κ2) is 11.7. The number of benzene rings is 1. The summed E-state index contributed by atoms with van der Waals surface area (Å²) in [7, 11) is 0. The highest BCUT2D eigenvalue weighted by Gasteiger charge is 2.25. The molecule has 0 bridgehead atoms. The molecule has 0 aromatic heterocycles. The molecule has 0 atom stereocenters. The van der Waals surface area contributed by atoms with E-state index in [-0.39, 0.29) is 29.9 Å². The van der Waals surface area contributed by atoms with E-state index in [2.05, 4.69) is 20.5 Å². The smallest absolute Gasteiger partial charge is 0.234 e. The molecular weight excluding hydrogens is 418 g/mol. The van der Waals surface area contributed by atoms with Gasteiger partial charge in [-0.05, 0) is 32.6 Å². The zero-order valence-electron chi connectivity index (χ0n) is 19.6. The number of hydrogen-bond acceptors (Lipinski definition) is 5. The van der Waals surface area contributed by atoms with Crippen LogP contribution in [0, 0.1) is 17.7 Å². The molecule has 0 radical (unpaired) electrons. The van der Waals surface area contributed by atoms with E-state index >= 15 is 0 Å². The average Bonchev–Trinajstić information content (AvgIpc) is 2.79. The molecule has 1 aliphatic heterocycles. The summed E-state index contributed by atoms with van der Waals surface area (Å²) < 4.78 is 0. The Morgan fingerprint density at radius 3 is 2.15 bits per heavy atom. The molecule has 1 saturated carbocycles. The fourth-order valence-electron chi connectivity index (χ4n) is 4.35. The quantitative estimate of drug-likeness (QED) is 0.385. The van der Waals surface area contributed by atoms with E-state index in [9.17, 15) is 9.59 Å². The van der Waals surface area contributed by atoms with Crippen molar-refractivity contribution in [3.63, 3.8) is 0 Å². The van der Waals surface area contributed by atoms with E-state index in [1.807, 2.05) is 36.1 Å². The van der Waals surface area contributed by atoms with Gasteiger partial charge in [-0.2, -0.15) is 0 Å². The molecule has 33 heavy (non-hydrogen) atoms. The van der Waals surface area contributed by atoms with Gasteiger partial charge in [-0.25, -0.2) is 4.99 Å². The number of nitrogens with one attached hydrogen (secondary N) is 4. The standard InChI is InChI=1S/C24H35N7O2/c1-17-3-5-19(6-4-17)22(15-25)29-24(26)31-13-11-30(12-14-31)16-23(33)28-21-9-7-20(8-10-21)27-18(2)32/h3-6,15,20-21,25-26H,7-14,16H2,1-2H3,(H,27,32)(H,28,33)/b25-15?,26-24?,29-22+/t20-,21-. The number of carbonyl (C=O) groups is 2. The number of hydrogen-bond donors (Lipinski definition) is 4. The predicted molar refractivity (Wildman–Crippen MR) is 130 cm³/mol. The molecule has 178 valence electrons. The fourth-order valence-corrected chi connectivity index (χ4v) is 4.35. The van der Waals surface area contributed by atoms with Gasteiger partial charge >= 0.3 is 0 Å². The summed E-state index contributed by atoms with van der Waals surface area (Å²) in [5, 5.41) is 22.1. The van der Waals surface area contributed by atoms with Crippen molar-refractivity contribution in [2.45, 2.75) is 51.6 Å². The summed E-state index contributed by atoms with van der Waals surface area (Å²) in [6.45, 7) is 6.51. The van der Waals surface area contributed by atoms with E-state index in [1.54, 1.807) is 0 Å². The monoisotopic (exact) mass is 453 g/mol. The van der Waals surface area contributed by atoms with E-state index in [4.69, 9.17) is 10.8 Å². The Morgan fingerprint density at radius 1 is 1.03 bits per heavy atom. The summed E-state index contributed by atoms with van der Waals surface area (Å²) in [6, 6.07) is 8.16. The number of aliphatic imine (C=N–C) groups is 1. The van der Waals surface area contributed by atoms with Gasteiger partial charge in [-0.15, -0.1) is 0 Å². The third-order valence-electron chi connectivity index (χ3n) is 6.25. The lowest BCUT2D eigenvalue weighted by molar-refractivity contribution is -0.124.